The first-order valence-corrected chi connectivity index (χ1v) is 10.6. The number of aliphatic imine (C=N–C) groups is 1. The lowest BCUT2D eigenvalue weighted by Gasteiger charge is -2.08. The van der Waals surface area contributed by atoms with Gasteiger partial charge in [0.15, 0.2) is 5.96 Å². The van der Waals surface area contributed by atoms with Gasteiger partial charge in [-0.2, -0.15) is 4.98 Å². The number of nitrogens with two attached hydrogens (primary N) is 2. The van der Waals surface area contributed by atoms with E-state index in [4.69, 9.17) is 11.5 Å². The number of aromatic amines is 1. The predicted molar refractivity (Wildman–Crippen MR) is 136 cm³/mol. The fraction of sp³-hybridized carbons (Fsp3) is 0.160. The van der Waals surface area contributed by atoms with E-state index in [1.165, 1.54) is 0 Å². The summed E-state index contributed by atoms with van der Waals surface area (Å²) in [5.74, 6) is 0.113. The second-order valence-electron chi connectivity index (χ2n) is 7.34. The third-order valence-corrected chi connectivity index (χ3v) is 4.88. The van der Waals surface area contributed by atoms with Crippen LogP contribution in [-0.2, 0) is 6.54 Å². The minimum absolute atomic E-state index is 0.113. The highest BCUT2D eigenvalue weighted by Gasteiger charge is 2.09. The van der Waals surface area contributed by atoms with Crippen molar-refractivity contribution in [2.24, 2.45) is 16.5 Å². The quantitative estimate of drug-likeness (QED) is 0.157. The molecule has 8 nitrogen and oxygen atoms in total. The van der Waals surface area contributed by atoms with Crippen LogP contribution in [0.4, 0.5) is 0 Å². The highest BCUT2D eigenvalue weighted by molar-refractivity contribution is 5.84. The van der Waals surface area contributed by atoms with Crippen molar-refractivity contribution < 1.29 is 0 Å². The third-order valence-electron chi connectivity index (χ3n) is 4.88. The lowest BCUT2D eigenvalue weighted by molar-refractivity contribution is 0.655. The summed E-state index contributed by atoms with van der Waals surface area (Å²) in [6.07, 6.45) is 11.7. The summed E-state index contributed by atoms with van der Waals surface area (Å²) in [5, 5.41) is 4.18. The molecule has 0 saturated carbocycles. The SMILES string of the molecule is C=C/C=C\C(=C/C=C)c1cc2cn(-c3ccc(CNCCCN=C(N)N)cc3)c(=O)nc2[nH]1. The lowest BCUT2D eigenvalue weighted by Crippen LogP contribution is -2.23. The number of rotatable bonds is 11. The minimum Gasteiger partial charge on any atom is -0.370 e. The summed E-state index contributed by atoms with van der Waals surface area (Å²) in [4.78, 5) is 24.0. The first kappa shape index (κ1) is 23.5. The molecule has 0 aliphatic rings. The predicted octanol–water partition coefficient (Wildman–Crippen LogP) is 2.78. The molecule has 0 amide bonds. The Bertz CT molecular complexity index is 1260. The van der Waals surface area contributed by atoms with Gasteiger partial charge in [-0.25, -0.2) is 4.79 Å². The summed E-state index contributed by atoms with van der Waals surface area (Å²) in [6.45, 7) is 9.58. The number of guanidine groups is 1. The van der Waals surface area contributed by atoms with Crippen molar-refractivity contribution in [3.05, 3.63) is 102 Å². The van der Waals surface area contributed by atoms with E-state index in [1.807, 2.05) is 48.6 Å². The van der Waals surface area contributed by atoms with Crippen LogP contribution in [0.3, 0.4) is 0 Å². The van der Waals surface area contributed by atoms with Crippen molar-refractivity contribution in [3.63, 3.8) is 0 Å². The molecule has 3 rings (SSSR count). The van der Waals surface area contributed by atoms with Crippen molar-refractivity contribution in [2.45, 2.75) is 13.0 Å². The number of hydrogen-bond donors (Lipinski definition) is 4. The molecule has 2 heterocycles. The van der Waals surface area contributed by atoms with Crippen molar-refractivity contribution >= 4 is 22.6 Å². The molecule has 33 heavy (non-hydrogen) atoms. The highest BCUT2D eigenvalue weighted by atomic mass is 16.1. The summed E-state index contributed by atoms with van der Waals surface area (Å²) in [6, 6.07) is 9.76. The highest BCUT2D eigenvalue weighted by Crippen LogP contribution is 2.21. The van der Waals surface area contributed by atoms with Gasteiger partial charge in [-0.05, 0) is 42.3 Å². The smallest absolute Gasteiger partial charge is 0.354 e. The van der Waals surface area contributed by atoms with E-state index < -0.39 is 0 Å². The zero-order valence-corrected chi connectivity index (χ0v) is 18.5. The van der Waals surface area contributed by atoms with Crippen molar-refractivity contribution in [3.8, 4) is 5.69 Å². The van der Waals surface area contributed by atoms with Crippen LogP contribution in [0.1, 0.15) is 17.7 Å². The topological polar surface area (TPSA) is 127 Å². The summed E-state index contributed by atoms with van der Waals surface area (Å²) < 4.78 is 1.54. The summed E-state index contributed by atoms with van der Waals surface area (Å²) >= 11 is 0. The molecule has 2 aromatic heterocycles. The number of allylic oxidation sites excluding steroid dienone is 6. The molecule has 3 aromatic rings. The van der Waals surface area contributed by atoms with E-state index in [9.17, 15) is 4.79 Å². The average molecular weight is 444 g/mol. The van der Waals surface area contributed by atoms with Crippen LogP contribution < -0.4 is 22.5 Å². The molecular weight excluding hydrogens is 414 g/mol. The number of benzene rings is 1. The van der Waals surface area contributed by atoms with Gasteiger partial charge in [0.1, 0.15) is 5.65 Å². The molecule has 0 spiro atoms. The van der Waals surface area contributed by atoms with E-state index in [-0.39, 0.29) is 11.6 Å². The molecular formula is C25H29N7O. The van der Waals surface area contributed by atoms with Gasteiger partial charge in [-0.15, -0.1) is 0 Å². The zero-order valence-electron chi connectivity index (χ0n) is 18.5. The molecule has 170 valence electrons. The number of H-pyrrole nitrogens is 1. The molecule has 1 aromatic carbocycles. The maximum Gasteiger partial charge on any atom is 0.354 e. The van der Waals surface area contributed by atoms with Crippen LogP contribution in [-0.4, -0.2) is 33.6 Å². The molecule has 0 fully saturated rings. The first-order chi connectivity index (χ1) is 16.0. The minimum atomic E-state index is -0.350. The second-order valence-corrected chi connectivity index (χ2v) is 7.34. The van der Waals surface area contributed by atoms with Gasteiger partial charge < -0.3 is 21.8 Å². The van der Waals surface area contributed by atoms with Crippen LogP contribution in [0.15, 0.2) is 89.9 Å². The van der Waals surface area contributed by atoms with Crippen LogP contribution >= 0.6 is 0 Å². The van der Waals surface area contributed by atoms with Gasteiger partial charge in [0, 0.05) is 30.4 Å². The van der Waals surface area contributed by atoms with Crippen molar-refractivity contribution in [1.29, 1.82) is 0 Å². The standard InChI is InChI=1S/C25H29N7O/c1-3-5-8-19(7-4-2)22-15-20-17-32(25(33)31-23(20)30-22)21-11-9-18(10-12-21)16-28-13-6-14-29-24(26)27/h3-5,7-12,15,17,28H,1-2,6,13-14,16H2,(H4,26,27,29)(H,30,31,33)/b8-5-,19-7+. The normalized spacial score (nSPS) is 11.7. The molecule has 0 unspecified atom stereocenters. The lowest BCUT2D eigenvalue weighted by atomic mass is 10.1. The fourth-order valence-corrected chi connectivity index (χ4v) is 3.29. The number of aromatic nitrogens is 3. The molecule has 0 aliphatic heterocycles. The summed E-state index contributed by atoms with van der Waals surface area (Å²) in [5.41, 5.74) is 14.4. The summed E-state index contributed by atoms with van der Waals surface area (Å²) in [7, 11) is 0. The van der Waals surface area contributed by atoms with Gasteiger partial charge in [0.05, 0.1) is 5.69 Å². The second kappa shape index (κ2) is 11.4. The molecule has 0 radical (unpaired) electrons. The maximum atomic E-state index is 12.6. The number of nitrogens with one attached hydrogen (secondary N) is 2. The number of fused-ring (bicyclic) bond motifs is 1. The van der Waals surface area contributed by atoms with E-state index in [2.05, 4.69) is 33.4 Å². The Labute approximate surface area is 192 Å². The van der Waals surface area contributed by atoms with Gasteiger partial charge in [-0.1, -0.05) is 55.7 Å². The van der Waals surface area contributed by atoms with E-state index >= 15 is 0 Å². The molecule has 0 atom stereocenters. The Kier molecular flexibility index (Phi) is 8.15. The fourth-order valence-electron chi connectivity index (χ4n) is 3.29. The van der Waals surface area contributed by atoms with Gasteiger partial charge in [0.25, 0.3) is 0 Å². The molecule has 0 bridgehead atoms. The van der Waals surface area contributed by atoms with E-state index in [1.54, 1.807) is 22.9 Å². The van der Waals surface area contributed by atoms with Crippen LogP contribution in [0.5, 0.6) is 0 Å². The first-order valence-electron chi connectivity index (χ1n) is 10.6. The third kappa shape index (κ3) is 6.41. The van der Waals surface area contributed by atoms with E-state index in [0.717, 1.165) is 40.9 Å². The van der Waals surface area contributed by atoms with Crippen molar-refractivity contribution in [2.75, 3.05) is 13.1 Å². The largest absolute Gasteiger partial charge is 0.370 e. The number of nitrogens with zero attached hydrogens (tertiary/aromatic N) is 3. The molecule has 0 aliphatic carbocycles. The monoisotopic (exact) mass is 443 g/mol. The Morgan fingerprint density at radius 2 is 2.00 bits per heavy atom. The maximum absolute atomic E-state index is 12.6. The van der Waals surface area contributed by atoms with Gasteiger partial charge in [0.2, 0.25) is 0 Å². The van der Waals surface area contributed by atoms with Crippen LogP contribution in [0.25, 0.3) is 22.3 Å². The molecule has 8 heteroatoms. The van der Waals surface area contributed by atoms with Gasteiger partial charge in [-0.3, -0.25) is 9.56 Å². The Hall–Kier alpha value is -4.17. The Balaban J connectivity index is 1.75. The number of hydrogen-bond acceptors (Lipinski definition) is 4. The zero-order chi connectivity index (χ0) is 23.6. The molecule has 0 saturated heterocycles. The Morgan fingerprint density at radius 3 is 2.70 bits per heavy atom. The van der Waals surface area contributed by atoms with Crippen molar-refractivity contribution in [1.82, 2.24) is 19.9 Å². The van der Waals surface area contributed by atoms with E-state index in [0.29, 0.717) is 18.7 Å². The Morgan fingerprint density at radius 1 is 1.21 bits per heavy atom. The van der Waals surface area contributed by atoms with Gasteiger partial charge >= 0.3 is 5.69 Å². The van der Waals surface area contributed by atoms with Crippen LogP contribution in [0.2, 0.25) is 0 Å². The molecule has 6 N–H and O–H groups in total. The van der Waals surface area contributed by atoms with Crippen LogP contribution in [0, 0.1) is 0 Å². The average Bonchev–Trinajstić information content (AvgIpc) is 3.21.